The van der Waals surface area contributed by atoms with Crippen LogP contribution in [0.15, 0.2) is 5.38 Å². The summed E-state index contributed by atoms with van der Waals surface area (Å²) < 4.78 is 22.6. The number of carboxylic acid groups (broad SMARTS) is 1. The van der Waals surface area contributed by atoms with Crippen molar-refractivity contribution in [2.24, 2.45) is 0 Å². The van der Waals surface area contributed by atoms with Crippen LogP contribution in [-0.4, -0.2) is 36.0 Å². The van der Waals surface area contributed by atoms with Crippen LogP contribution in [0.3, 0.4) is 0 Å². The molecule has 2 heterocycles. The Morgan fingerprint density at radius 2 is 2.38 bits per heavy atom. The van der Waals surface area contributed by atoms with Crippen LogP contribution >= 0.6 is 11.3 Å². The summed E-state index contributed by atoms with van der Waals surface area (Å²) in [5.74, 6) is -0.605. The molecule has 1 aliphatic heterocycles. The van der Waals surface area contributed by atoms with Crippen LogP contribution in [0.4, 0.5) is 0 Å². The minimum atomic E-state index is -2.91. The molecule has 1 fully saturated rings. The van der Waals surface area contributed by atoms with Gasteiger partial charge in [0.1, 0.15) is 0 Å². The molecule has 0 amide bonds. The van der Waals surface area contributed by atoms with Gasteiger partial charge in [0.2, 0.25) is 0 Å². The third-order valence-corrected chi connectivity index (χ3v) is 5.31. The van der Waals surface area contributed by atoms with Crippen LogP contribution in [0, 0.1) is 0 Å². The van der Waals surface area contributed by atoms with Gasteiger partial charge in [-0.3, -0.25) is 4.79 Å². The monoisotopic (exact) mass is 261 g/mol. The Labute approximate surface area is 97.1 Å². The molecule has 1 saturated heterocycles. The predicted molar refractivity (Wildman–Crippen MR) is 59.5 cm³/mol. The first-order valence-electron chi connectivity index (χ1n) is 4.83. The maximum absolute atomic E-state index is 11.3. The van der Waals surface area contributed by atoms with Crippen molar-refractivity contribution in [2.45, 2.75) is 18.8 Å². The molecular formula is C9H11NO4S2. The van der Waals surface area contributed by atoms with Crippen LogP contribution in [0.1, 0.15) is 23.0 Å². The SMILES string of the molecule is O=C(O)Cc1csc([C@H]2CCS(=O)(=O)C2)n1. The molecule has 0 saturated carbocycles. The van der Waals surface area contributed by atoms with Gasteiger partial charge in [0, 0.05) is 11.3 Å². The lowest BCUT2D eigenvalue weighted by atomic mass is 10.1. The molecule has 0 aromatic carbocycles. The molecule has 1 atom stereocenters. The summed E-state index contributed by atoms with van der Waals surface area (Å²) in [7, 11) is -2.91. The Morgan fingerprint density at radius 3 is 2.94 bits per heavy atom. The molecule has 1 N–H and O–H groups in total. The normalized spacial score (nSPS) is 23.4. The summed E-state index contributed by atoms with van der Waals surface area (Å²) in [5.41, 5.74) is 0.511. The zero-order chi connectivity index (χ0) is 11.8. The largest absolute Gasteiger partial charge is 0.481 e. The first-order chi connectivity index (χ1) is 7.46. The molecule has 0 spiro atoms. The Hall–Kier alpha value is -0.950. The van der Waals surface area contributed by atoms with Gasteiger partial charge in [0.05, 0.1) is 28.6 Å². The van der Waals surface area contributed by atoms with E-state index in [2.05, 4.69) is 4.98 Å². The van der Waals surface area contributed by atoms with Crippen molar-refractivity contribution >= 4 is 27.1 Å². The first-order valence-corrected chi connectivity index (χ1v) is 7.53. The summed E-state index contributed by atoms with van der Waals surface area (Å²) in [6, 6.07) is 0. The van der Waals surface area contributed by atoms with E-state index in [0.717, 1.165) is 5.01 Å². The Bertz CT molecular complexity index is 505. The van der Waals surface area contributed by atoms with E-state index in [1.54, 1.807) is 5.38 Å². The van der Waals surface area contributed by atoms with Gasteiger partial charge in [-0.05, 0) is 6.42 Å². The maximum Gasteiger partial charge on any atom is 0.309 e. The fraction of sp³-hybridized carbons (Fsp3) is 0.556. The molecule has 7 heteroatoms. The number of aliphatic carboxylic acids is 1. The van der Waals surface area contributed by atoms with Crippen molar-refractivity contribution in [1.82, 2.24) is 4.98 Å². The second-order valence-corrected chi connectivity index (χ2v) is 6.97. The zero-order valence-electron chi connectivity index (χ0n) is 8.42. The first kappa shape index (κ1) is 11.5. The molecule has 1 aromatic heterocycles. The number of carboxylic acids is 1. The number of thiazole rings is 1. The molecule has 88 valence electrons. The van der Waals surface area contributed by atoms with Crippen LogP contribution in [0.25, 0.3) is 0 Å². The summed E-state index contributed by atoms with van der Waals surface area (Å²) >= 11 is 1.35. The summed E-state index contributed by atoms with van der Waals surface area (Å²) in [5, 5.41) is 11.0. The molecule has 0 aliphatic carbocycles. The lowest BCUT2D eigenvalue weighted by molar-refractivity contribution is -0.136. The van der Waals surface area contributed by atoms with Gasteiger partial charge in [-0.25, -0.2) is 13.4 Å². The zero-order valence-corrected chi connectivity index (χ0v) is 10.1. The number of hydrogen-bond donors (Lipinski definition) is 1. The molecule has 0 bridgehead atoms. The van der Waals surface area contributed by atoms with E-state index in [9.17, 15) is 13.2 Å². The number of sulfone groups is 1. The molecule has 0 unspecified atom stereocenters. The number of nitrogens with zero attached hydrogens (tertiary/aromatic N) is 1. The Morgan fingerprint density at radius 1 is 1.62 bits per heavy atom. The summed E-state index contributed by atoms with van der Waals surface area (Å²) in [6.07, 6.45) is 0.498. The van der Waals surface area contributed by atoms with Gasteiger partial charge < -0.3 is 5.11 Å². The van der Waals surface area contributed by atoms with E-state index >= 15 is 0 Å². The van der Waals surface area contributed by atoms with E-state index in [0.29, 0.717) is 12.1 Å². The molecule has 16 heavy (non-hydrogen) atoms. The molecular weight excluding hydrogens is 250 g/mol. The average Bonchev–Trinajstić information content (AvgIpc) is 2.71. The van der Waals surface area contributed by atoms with Crippen molar-refractivity contribution in [2.75, 3.05) is 11.5 Å². The third kappa shape index (κ3) is 2.59. The standard InChI is InChI=1S/C9H11NO4S2/c11-8(12)3-7-4-15-9(10-7)6-1-2-16(13,14)5-6/h4,6H,1-3,5H2,(H,11,12)/t6-/m0/s1. The molecule has 1 aliphatic rings. The van der Waals surface area contributed by atoms with E-state index < -0.39 is 15.8 Å². The van der Waals surface area contributed by atoms with Crippen molar-refractivity contribution in [1.29, 1.82) is 0 Å². The fourth-order valence-electron chi connectivity index (χ4n) is 1.74. The maximum atomic E-state index is 11.3. The number of hydrogen-bond acceptors (Lipinski definition) is 5. The fourth-order valence-corrected chi connectivity index (χ4v) is 4.55. The highest BCUT2D eigenvalue weighted by Crippen LogP contribution is 2.30. The van der Waals surface area contributed by atoms with E-state index in [1.807, 2.05) is 0 Å². The van der Waals surface area contributed by atoms with Gasteiger partial charge in [0.15, 0.2) is 9.84 Å². The quantitative estimate of drug-likeness (QED) is 0.864. The average molecular weight is 261 g/mol. The highest BCUT2D eigenvalue weighted by molar-refractivity contribution is 7.91. The van der Waals surface area contributed by atoms with Crippen LogP contribution in [-0.2, 0) is 21.1 Å². The second kappa shape index (κ2) is 4.14. The topological polar surface area (TPSA) is 84.3 Å². The van der Waals surface area contributed by atoms with Crippen molar-refractivity contribution < 1.29 is 18.3 Å². The Kier molecular flexibility index (Phi) is 2.98. The van der Waals surface area contributed by atoms with Gasteiger partial charge in [-0.2, -0.15) is 0 Å². The number of carbonyl (C=O) groups is 1. The third-order valence-electron chi connectivity index (χ3n) is 2.48. The smallest absolute Gasteiger partial charge is 0.309 e. The predicted octanol–water partition coefficient (Wildman–Crippen LogP) is 0.672. The van der Waals surface area contributed by atoms with Gasteiger partial charge >= 0.3 is 5.97 Å². The van der Waals surface area contributed by atoms with Crippen molar-refractivity contribution in [3.8, 4) is 0 Å². The highest BCUT2D eigenvalue weighted by atomic mass is 32.2. The number of rotatable bonds is 3. The highest BCUT2D eigenvalue weighted by Gasteiger charge is 2.30. The van der Waals surface area contributed by atoms with E-state index in [4.69, 9.17) is 5.11 Å². The van der Waals surface area contributed by atoms with Crippen molar-refractivity contribution in [3.63, 3.8) is 0 Å². The van der Waals surface area contributed by atoms with Crippen LogP contribution in [0.5, 0.6) is 0 Å². The Balaban J connectivity index is 2.11. The lowest BCUT2D eigenvalue weighted by Gasteiger charge is -2.00. The molecule has 5 nitrogen and oxygen atoms in total. The second-order valence-electron chi connectivity index (χ2n) is 3.85. The van der Waals surface area contributed by atoms with E-state index in [-0.39, 0.29) is 23.8 Å². The number of aromatic nitrogens is 1. The molecule has 0 radical (unpaired) electrons. The van der Waals surface area contributed by atoms with Gasteiger partial charge in [-0.15, -0.1) is 11.3 Å². The minimum absolute atomic E-state index is 0.0439. The minimum Gasteiger partial charge on any atom is -0.481 e. The lowest BCUT2D eigenvalue weighted by Crippen LogP contribution is -2.04. The van der Waals surface area contributed by atoms with Gasteiger partial charge in [-0.1, -0.05) is 0 Å². The molecule has 1 aromatic rings. The van der Waals surface area contributed by atoms with Gasteiger partial charge in [0.25, 0.3) is 0 Å². The molecule has 2 rings (SSSR count). The van der Waals surface area contributed by atoms with Crippen LogP contribution in [0.2, 0.25) is 0 Å². The van der Waals surface area contributed by atoms with E-state index in [1.165, 1.54) is 11.3 Å². The van der Waals surface area contributed by atoms with Crippen molar-refractivity contribution in [3.05, 3.63) is 16.1 Å². The van der Waals surface area contributed by atoms with Crippen LogP contribution < -0.4 is 0 Å². The summed E-state index contributed by atoms with van der Waals surface area (Å²) in [6.45, 7) is 0. The summed E-state index contributed by atoms with van der Waals surface area (Å²) in [4.78, 5) is 14.6.